The van der Waals surface area contributed by atoms with Gasteiger partial charge in [-0.05, 0) is 13.8 Å². The quantitative estimate of drug-likeness (QED) is 0.524. The highest BCUT2D eigenvalue weighted by molar-refractivity contribution is 5.68. The second-order valence-electron chi connectivity index (χ2n) is 6.17. The maximum absolute atomic E-state index is 11.5. The van der Waals surface area contributed by atoms with Crippen molar-refractivity contribution in [3.05, 3.63) is 0 Å². The summed E-state index contributed by atoms with van der Waals surface area (Å²) in [5.74, 6) is -4.13. The van der Waals surface area contributed by atoms with Crippen LogP contribution in [0.1, 0.15) is 34.6 Å². The molecule has 0 amide bonds. The molecule has 2 heterocycles. The molecule has 1 spiro atoms. The first-order chi connectivity index (χ1) is 11.0. The van der Waals surface area contributed by atoms with Crippen molar-refractivity contribution in [2.75, 3.05) is 13.2 Å². The fourth-order valence-electron chi connectivity index (χ4n) is 2.78. The zero-order valence-corrected chi connectivity index (χ0v) is 14.3. The molecular weight excluding hydrogens is 324 g/mol. The van der Waals surface area contributed by atoms with Gasteiger partial charge in [0.05, 0.1) is 0 Å². The fourth-order valence-corrected chi connectivity index (χ4v) is 2.78. The Morgan fingerprint density at radius 2 is 1.67 bits per heavy atom. The van der Waals surface area contributed by atoms with E-state index in [1.807, 2.05) is 0 Å². The molecule has 0 bridgehead atoms. The Bertz CT molecular complexity index is 529. The van der Waals surface area contributed by atoms with Crippen LogP contribution in [0.5, 0.6) is 0 Å². The summed E-state index contributed by atoms with van der Waals surface area (Å²) in [5.41, 5.74) is 0. The van der Waals surface area contributed by atoms with E-state index in [4.69, 9.17) is 28.4 Å². The van der Waals surface area contributed by atoms with Crippen molar-refractivity contribution >= 4 is 17.9 Å². The van der Waals surface area contributed by atoms with Gasteiger partial charge in [0, 0.05) is 20.8 Å². The van der Waals surface area contributed by atoms with Gasteiger partial charge in [-0.25, -0.2) is 0 Å². The van der Waals surface area contributed by atoms with E-state index < -0.39 is 47.8 Å². The lowest BCUT2D eigenvalue weighted by Crippen LogP contribution is -2.49. The average Bonchev–Trinajstić information content (AvgIpc) is 2.87. The van der Waals surface area contributed by atoms with Crippen LogP contribution < -0.4 is 0 Å². The van der Waals surface area contributed by atoms with Crippen molar-refractivity contribution in [3.8, 4) is 0 Å². The number of rotatable bonds is 4. The Labute approximate surface area is 139 Å². The lowest BCUT2D eigenvalue weighted by molar-refractivity contribution is -0.273. The minimum atomic E-state index is -1.44. The zero-order valence-electron chi connectivity index (χ0n) is 14.3. The first kappa shape index (κ1) is 18.6. The molecule has 2 fully saturated rings. The summed E-state index contributed by atoms with van der Waals surface area (Å²) in [6.07, 6.45) is -2.91. The molecule has 24 heavy (non-hydrogen) atoms. The van der Waals surface area contributed by atoms with Crippen LogP contribution in [-0.4, -0.2) is 61.0 Å². The molecule has 9 nitrogen and oxygen atoms in total. The summed E-state index contributed by atoms with van der Waals surface area (Å²) in [6.45, 7) is 6.82. The Morgan fingerprint density at radius 1 is 1.04 bits per heavy atom. The van der Waals surface area contributed by atoms with E-state index in [9.17, 15) is 14.4 Å². The van der Waals surface area contributed by atoms with E-state index in [-0.39, 0.29) is 13.2 Å². The third-order valence-electron chi connectivity index (χ3n) is 3.53. The molecule has 0 radical (unpaired) electrons. The van der Waals surface area contributed by atoms with Crippen molar-refractivity contribution < 1.29 is 42.8 Å². The lowest BCUT2D eigenvalue weighted by Gasteiger charge is -2.30. The molecule has 2 rings (SSSR count). The third-order valence-corrected chi connectivity index (χ3v) is 3.53. The van der Waals surface area contributed by atoms with Crippen LogP contribution in [0, 0.1) is 0 Å². The molecular formula is C15H22O9. The van der Waals surface area contributed by atoms with Gasteiger partial charge in [0.15, 0.2) is 18.0 Å². The molecule has 0 aliphatic carbocycles. The molecule has 2 saturated heterocycles. The summed E-state index contributed by atoms with van der Waals surface area (Å²) in [5, 5.41) is 0. The molecule has 3 unspecified atom stereocenters. The van der Waals surface area contributed by atoms with Crippen LogP contribution in [-0.2, 0) is 42.8 Å². The molecule has 0 aromatic heterocycles. The van der Waals surface area contributed by atoms with Crippen molar-refractivity contribution in [2.24, 2.45) is 0 Å². The molecule has 0 aromatic carbocycles. The van der Waals surface area contributed by atoms with Gasteiger partial charge in [-0.1, -0.05) is 0 Å². The van der Waals surface area contributed by atoms with Crippen LogP contribution in [0.2, 0.25) is 0 Å². The summed E-state index contributed by atoms with van der Waals surface area (Å²) >= 11 is 0. The van der Waals surface area contributed by atoms with Gasteiger partial charge in [0.1, 0.15) is 19.3 Å². The fraction of sp³-hybridized carbons (Fsp3) is 0.800. The molecule has 4 atom stereocenters. The molecule has 0 saturated carbocycles. The Balaban J connectivity index is 2.30. The SMILES string of the molecule is CC(=O)OCC1O[C@]2(COC(C)(C)O2)C(OC(C)=O)C1OC(C)=O. The number of esters is 3. The lowest BCUT2D eigenvalue weighted by atomic mass is 10.1. The average molecular weight is 346 g/mol. The van der Waals surface area contributed by atoms with Gasteiger partial charge in [0.2, 0.25) is 5.79 Å². The monoisotopic (exact) mass is 346 g/mol. The highest BCUT2D eigenvalue weighted by atomic mass is 16.9. The second-order valence-corrected chi connectivity index (χ2v) is 6.17. The van der Waals surface area contributed by atoms with Gasteiger partial charge in [0.25, 0.3) is 0 Å². The maximum Gasteiger partial charge on any atom is 0.303 e. The summed E-state index contributed by atoms with van der Waals surface area (Å²) < 4.78 is 32.7. The first-order valence-corrected chi connectivity index (χ1v) is 7.54. The summed E-state index contributed by atoms with van der Waals surface area (Å²) in [6, 6.07) is 0. The largest absolute Gasteiger partial charge is 0.463 e. The number of hydrogen-bond acceptors (Lipinski definition) is 9. The van der Waals surface area contributed by atoms with Gasteiger partial charge >= 0.3 is 17.9 Å². The Hall–Kier alpha value is -1.71. The van der Waals surface area contributed by atoms with Crippen molar-refractivity contribution in [2.45, 2.75) is 64.5 Å². The highest BCUT2D eigenvalue weighted by Crippen LogP contribution is 2.44. The van der Waals surface area contributed by atoms with Crippen LogP contribution in [0.4, 0.5) is 0 Å². The minimum Gasteiger partial charge on any atom is -0.463 e. The smallest absolute Gasteiger partial charge is 0.303 e. The van der Waals surface area contributed by atoms with Crippen LogP contribution in [0.25, 0.3) is 0 Å². The topological polar surface area (TPSA) is 107 Å². The Kier molecular flexibility index (Phi) is 5.17. The van der Waals surface area contributed by atoms with Gasteiger partial charge in [-0.2, -0.15) is 0 Å². The molecule has 0 N–H and O–H groups in total. The van der Waals surface area contributed by atoms with Gasteiger partial charge in [-0.3, -0.25) is 14.4 Å². The molecule has 136 valence electrons. The van der Waals surface area contributed by atoms with E-state index in [0.717, 1.165) is 0 Å². The molecule has 2 aliphatic rings. The van der Waals surface area contributed by atoms with E-state index in [1.54, 1.807) is 13.8 Å². The van der Waals surface area contributed by atoms with E-state index in [2.05, 4.69) is 0 Å². The summed E-state index contributed by atoms with van der Waals surface area (Å²) in [4.78, 5) is 34.0. The standard InChI is InChI=1S/C15H22O9/c1-8(16)19-6-11-12(21-9(2)17)13(22-10(3)18)15(23-11)7-20-14(4,5)24-15/h11-13H,6-7H2,1-5H3/t11?,12?,13?,15-/m0/s1. The van der Waals surface area contributed by atoms with E-state index in [1.165, 1.54) is 20.8 Å². The van der Waals surface area contributed by atoms with Crippen LogP contribution >= 0.6 is 0 Å². The zero-order chi connectivity index (χ0) is 18.1. The van der Waals surface area contributed by atoms with Gasteiger partial charge in [-0.15, -0.1) is 0 Å². The van der Waals surface area contributed by atoms with E-state index in [0.29, 0.717) is 0 Å². The minimum absolute atomic E-state index is 0.0354. The van der Waals surface area contributed by atoms with E-state index >= 15 is 0 Å². The van der Waals surface area contributed by atoms with Crippen molar-refractivity contribution in [3.63, 3.8) is 0 Å². The predicted octanol–water partition coefficient (Wildman–Crippen LogP) is 0.291. The van der Waals surface area contributed by atoms with Gasteiger partial charge < -0.3 is 28.4 Å². The Morgan fingerprint density at radius 3 is 2.12 bits per heavy atom. The normalized spacial score (nSPS) is 34.1. The van der Waals surface area contributed by atoms with Crippen molar-refractivity contribution in [1.29, 1.82) is 0 Å². The summed E-state index contributed by atoms with van der Waals surface area (Å²) in [7, 11) is 0. The molecule has 9 heteroatoms. The number of carbonyl (C=O) groups is 3. The number of hydrogen-bond donors (Lipinski definition) is 0. The third kappa shape index (κ3) is 4.03. The number of ether oxygens (including phenoxy) is 6. The first-order valence-electron chi connectivity index (χ1n) is 7.54. The van der Waals surface area contributed by atoms with Crippen LogP contribution in [0.3, 0.4) is 0 Å². The highest BCUT2D eigenvalue weighted by Gasteiger charge is 2.65. The maximum atomic E-state index is 11.5. The van der Waals surface area contributed by atoms with Crippen molar-refractivity contribution in [1.82, 2.24) is 0 Å². The second kappa shape index (κ2) is 6.66. The number of carbonyl (C=O) groups excluding carboxylic acids is 3. The molecule has 0 aromatic rings. The van der Waals surface area contributed by atoms with Crippen LogP contribution in [0.15, 0.2) is 0 Å². The predicted molar refractivity (Wildman–Crippen MR) is 76.5 cm³/mol. The molecule has 2 aliphatic heterocycles.